The molecule has 1 spiro atoms. The Labute approximate surface area is 232 Å². The standard InChI is InChI=1S/C32H32N2O6/c1-3-39-22-14-7-5-12-20(22)33-28(35)24-19-17-18-11-9-10-16-32(18,26(24)30(33)37)27-25(19)29(36)34(31(27)38)21-13-6-8-15-23(21)40-4-2/h5-8,12-15,17,19,24-27H,3-4,9-11,16H2,1-2H3. The fourth-order valence-electron chi connectivity index (χ4n) is 8.49. The van der Waals surface area contributed by atoms with E-state index in [4.69, 9.17) is 9.47 Å². The molecule has 4 atom stereocenters. The van der Waals surface area contributed by atoms with Crippen LogP contribution in [-0.2, 0) is 19.2 Å². The number of allylic oxidation sites excluding steroid dienone is 2. The molecule has 206 valence electrons. The maximum atomic E-state index is 14.4. The van der Waals surface area contributed by atoms with Crippen molar-refractivity contribution in [3.05, 3.63) is 60.2 Å². The summed E-state index contributed by atoms with van der Waals surface area (Å²) in [5.41, 5.74) is 1.08. The van der Waals surface area contributed by atoms with Crippen molar-refractivity contribution in [2.24, 2.45) is 35.0 Å². The zero-order chi connectivity index (χ0) is 27.8. The van der Waals surface area contributed by atoms with Crippen LogP contribution in [0.15, 0.2) is 60.2 Å². The summed E-state index contributed by atoms with van der Waals surface area (Å²) in [4.78, 5) is 59.8. The van der Waals surface area contributed by atoms with Crippen LogP contribution < -0.4 is 19.3 Å². The maximum absolute atomic E-state index is 14.4. The van der Waals surface area contributed by atoms with Crippen molar-refractivity contribution in [3.8, 4) is 11.5 Å². The van der Waals surface area contributed by atoms with Crippen molar-refractivity contribution in [2.75, 3.05) is 23.0 Å². The lowest BCUT2D eigenvalue weighted by atomic mass is 9.41. The van der Waals surface area contributed by atoms with E-state index in [-0.39, 0.29) is 23.6 Å². The Hall–Kier alpha value is -3.94. The first-order valence-corrected chi connectivity index (χ1v) is 14.4. The SMILES string of the molecule is CCOc1ccccc1N1C(=O)C2C3C=C4CCCCC4(C2C1=O)C1C(=O)N(c2ccccc2OCC)C(=O)C31. The number of anilines is 2. The lowest BCUT2D eigenvalue weighted by Gasteiger charge is -2.58. The third-order valence-electron chi connectivity index (χ3n) is 9.73. The highest BCUT2D eigenvalue weighted by atomic mass is 16.5. The van der Waals surface area contributed by atoms with Crippen molar-refractivity contribution < 1.29 is 28.7 Å². The number of para-hydroxylation sites is 4. The Morgan fingerprint density at radius 1 is 0.725 bits per heavy atom. The van der Waals surface area contributed by atoms with Crippen LogP contribution in [0.4, 0.5) is 11.4 Å². The van der Waals surface area contributed by atoms with Crippen molar-refractivity contribution >= 4 is 35.0 Å². The average molecular weight is 541 g/mol. The minimum atomic E-state index is -0.855. The Morgan fingerprint density at radius 3 is 1.73 bits per heavy atom. The Bertz CT molecular complexity index is 1390. The molecule has 4 aliphatic carbocycles. The second-order valence-corrected chi connectivity index (χ2v) is 11.3. The van der Waals surface area contributed by atoms with Gasteiger partial charge < -0.3 is 9.47 Å². The van der Waals surface area contributed by atoms with Gasteiger partial charge in [0.2, 0.25) is 23.6 Å². The zero-order valence-corrected chi connectivity index (χ0v) is 22.7. The summed E-state index contributed by atoms with van der Waals surface area (Å²) in [5.74, 6) is -3.51. The minimum absolute atomic E-state index is 0.286. The monoisotopic (exact) mass is 540 g/mol. The molecule has 40 heavy (non-hydrogen) atoms. The van der Waals surface area contributed by atoms with Crippen LogP contribution in [0.25, 0.3) is 0 Å². The second kappa shape index (κ2) is 9.04. The molecule has 2 aromatic rings. The summed E-state index contributed by atoms with van der Waals surface area (Å²) in [6.45, 7) is 4.50. The molecule has 0 aromatic heterocycles. The van der Waals surface area contributed by atoms with E-state index in [9.17, 15) is 19.2 Å². The highest BCUT2D eigenvalue weighted by Gasteiger charge is 2.76. The summed E-state index contributed by atoms with van der Waals surface area (Å²) < 4.78 is 11.6. The molecule has 6 aliphatic rings. The maximum Gasteiger partial charge on any atom is 0.238 e. The predicted octanol–water partition coefficient (Wildman–Crippen LogP) is 4.53. The van der Waals surface area contributed by atoms with E-state index in [2.05, 4.69) is 6.08 Å². The van der Waals surface area contributed by atoms with Crippen LogP contribution in [0.5, 0.6) is 11.5 Å². The van der Waals surface area contributed by atoms with E-state index in [0.29, 0.717) is 42.5 Å². The van der Waals surface area contributed by atoms with Gasteiger partial charge in [-0.05, 0) is 57.4 Å². The molecule has 2 heterocycles. The fourth-order valence-corrected chi connectivity index (χ4v) is 8.49. The van der Waals surface area contributed by atoms with Crippen molar-refractivity contribution in [1.29, 1.82) is 0 Å². The van der Waals surface area contributed by atoms with Crippen molar-refractivity contribution in [3.63, 3.8) is 0 Å². The average Bonchev–Trinajstić information content (AvgIpc) is 3.40. The van der Waals surface area contributed by atoms with Crippen molar-refractivity contribution in [1.82, 2.24) is 0 Å². The summed E-state index contributed by atoms with van der Waals surface area (Å²) >= 11 is 0. The third-order valence-corrected chi connectivity index (χ3v) is 9.73. The third kappa shape index (κ3) is 3.07. The Morgan fingerprint density at radius 2 is 1.23 bits per heavy atom. The van der Waals surface area contributed by atoms with E-state index in [1.54, 1.807) is 36.4 Å². The number of amides is 4. The van der Waals surface area contributed by atoms with E-state index >= 15 is 0 Å². The largest absolute Gasteiger partial charge is 0.492 e. The normalized spacial score (nSPS) is 32.1. The van der Waals surface area contributed by atoms with Crippen molar-refractivity contribution in [2.45, 2.75) is 39.5 Å². The van der Waals surface area contributed by atoms with Gasteiger partial charge in [-0.1, -0.05) is 42.3 Å². The molecule has 8 rings (SSSR count). The molecule has 4 unspecified atom stereocenters. The fraction of sp³-hybridized carbons (Fsp3) is 0.438. The summed E-state index contributed by atoms with van der Waals surface area (Å²) in [7, 11) is 0. The number of ether oxygens (including phenoxy) is 2. The quantitative estimate of drug-likeness (QED) is 0.395. The minimum Gasteiger partial charge on any atom is -0.492 e. The summed E-state index contributed by atoms with van der Waals surface area (Å²) in [6.07, 6.45) is 5.27. The van der Waals surface area contributed by atoms with Crippen LogP contribution in [0.2, 0.25) is 0 Å². The molecular formula is C32H32N2O6. The number of carbonyl (C=O) groups is 4. The summed E-state index contributed by atoms with van der Waals surface area (Å²) in [5, 5.41) is 0. The zero-order valence-electron chi connectivity index (χ0n) is 22.7. The first-order chi connectivity index (χ1) is 19.5. The number of nitrogens with zero attached hydrogens (tertiary/aromatic N) is 2. The Balaban J connectivity index is 1.37. The molecule has 8 nitrogen and oxygen atoms in total. The molecule has 2 aromatic carbocycles. The molecule has 0 radical (unpaired) electrons. The van der Waals surface area contributed by atoms with Gasteiger partial charge in [0.1, 0.15) is 11.5 Å². The van der Waals surface area contributed by atoms with Gasteiger partial charge in [0.25, 0.3) is 0 Å². The van der Waals surface area contributed by atoms with Gasteiger partial charge in [0.15, 0.2) is 0 Å². The van der Waals surface area contributed by atoms with E-state index in [1.807, 2.05) is 26.0 Å². The van der Waals surface area contributed by atoms with Gasteiger partial charge in [0, 0.05) is 11.3 Å². The molecule has 2 saturated carbocycles. The lowest BCUT2D eigenvalue weighted by molar-refractivity contribution is -0.151. The number of rotatable bonds is 6. The number of hydrogen-bond acceptors (Lipinski definition) is 6. The predicted molar refractivity (Wildman–Crippen MR) is 147 cm³/mol. The number of benzene rings is 2. The number of imide groups is 2. The van der Waals surface area contributed by atoms with Crippen LogP contribution in [-0.4, -0.2) is 36.8 Å². The van der Waals surface area contributed by atoms with E-state index < -0.39 is 35.0 Å². The van der Waals surface area contributed by atoms with Gasteiger partial charge in [0.05, 0.1) is 48.3 Å². The van der Waals surface area contributed by atoms with Gasteiger partial charge in [-0.25, -0.2) is 9.80 Å². The first-order valence-electron chi connectivity index (χ1n) is 14.4. The molecule has 0 N–H and O–H groups in total. The molecule has 2 bridgehead atoms. The molecule has 2 aliphatic heterocycles. The van der Waals surface area contributed by atoms with Gasteiger partial charge in [-0.15, -0.1) is 0 Å². The van der Waals surface area contributed by atoms with Gasteiger partial charge in [-0.2, -0.15) is 0 Å². The van der Waals surface area contributed by atoms with Gasteiger partial charge >= 0.3 is 0 Å². The van der Waals surface area contributed by atoms with Crippen LogP contribution in [0.1, 0.15) is 39.5 Å². The van der Waals surface area contributed by atoms with Crippen LogP contribution in [0.3, 0.4) is 0 Å². The van der Waals surface area contributed by atoms with E-state index in [1.165, 1.54) is 9.80 Å². The molecule has 4 fully saturated rings. The first kappa shape index (κ1) is 25.1. The highest BCUT2D eigenvalue weighted by molar-refractivity contribution is 6.27. The molecule has 4 amide bonds. The number of carbonyl (C=O) groups excluding carboxylic acids is 4. The van der Waals surface area contributed by atoms with Crippen LogP contribution >= 0.6 is 0 Å². The summed E-state index contributed by atoms with van der Waals surface area (Å²) in [6, 6.07) is 14.2. The topological polar surface area (TPSA) is 93.2 Å². The highest BCUT2D eigenvalue weighted by Crippen LogP contribution is 2.70. The van der Waals surface area contributed by atoms with Gasteiger partial charge in [-0.3, -0.25) is 19.2 Å². The van der Waals surface area contributed by atoms with Crippen LogP contribution in [0, 0.1) is 35.0 Å². The molecule has 8 heteroatoms. The molecule has 2 saturated heterocycles. The Kier molecular flexibility index (Phi) is 5.67. The lowest BCUT2D eigenvalue weighted by Crippen LogP contribution is -2.60. The smallest absolute Gasteiger partial charge is 0.238 e. The number of hydrogen-bond donors (Lipinski definition) is 0. The van der Waals surface area contributed by atoms with E-state index in [0.717, 1.165) is 24.8 Å². The molecular weight excluding hydrogens is 508 g/mol. The second-order valence-electron chi connectivity index (χ2n) is 11.3.